The van der Waals surface area contributed by atoms with Crippen molar-refractivity contribution in [2.75, 3.05) is 0 Å². The molecule has 0 unspecified atom stereocenters. The number of benzene rings is 6. The quantitative estimate of drug-likeness (QED) is 0.196. The van der Waals surface area contributed by atoms with Crippen LogP contribution in [0.1, 0.15) is 0 Å². The molecule has 7 heteroatoms. The Bertz CT molecular complexity index is 2760. The van der Waals surface area contributed by atoms with E-state index in [1.807, 2.05) is 48.5 Å². The second kappa shape index (κ2) is 10.2. The van der Waals surface area contributed by atoms with Gasteiger partial charge in [0.1, 0.15) is 5.52 Å². The number of aromatic nitrogens is 5. The van der Waals surface area contributed by atoms with Crippen molar-refractivity contribution >= 4 is 64.4 Å². The van der Waals surface area contributed by atoms with E-state index in [9.17, 15) is 0 Å². The zero-order valence-corrected chi connectivity index (χ0v) is 25.6. The van der Waals surface area contributed by atoms with Crippen LogP contribution < -0.4 is 0 Å². The van der Waals surface area contributed by atoms with Crippen molar-refractivity contribution < 1.29 is 4.42 Å². The Labute approximate surface area is 272 Å². The van der Waals surface area contributed by atoms with Crippen LogP contribution >= 0.6 is 11.3 Å². The minimum Gasteiger partial charge on any atom is -0.435 e. The van der Waals surface area contributed by atoms with E-state index in [0.717, 1.165) is 49.4 Å². The minimum atomic E-state index is 0.518. The third-order valence-electron chi connectivity index (χ3n) is 8.72. The van der Waals surface area contributed by atoms with Crippen LogP contribution in [0.3, 0.4) is 0 Å². The zero-order chi connectivity index (χ0) is 30.9. The number of oxazole rings is 1. The highest BCUT2D eigenvalue weighted by Crippen LogP contribution is 2.40. The van der Waals surface area contributed by atoms with Gasteiger partial charge >= 0.3 is 0 Å². The molecule has 0 N–H and O–H groups in total. The van der Waals surface area contributed by atoms with Crippen LogP contribution in [0.5, 0.6) is 0 Å². The summed E-state index contributed by atoms with van der Waals surface area (Å²) in [5.74, 6) is 2.21. The second-order valence-electron chi connectivity index (χ2n) is 11.5. The Hall–Kier alpha value is -6.18. The predicted molar refractivity (Wildman–Crippen MR) is 191 cm³/mol. The van der Waals surface area contributed by atoms with Crippen molar-refractivity contribution in [2.24, 2.45) is 0 Å². The summed E-state index contributed by atoms with van der Waals surface area (Å²) in [4.78, 5) is 20.5. The summed E-state index contributed by atoms with van der Waals surface area (Å²) in [6.45, 7) is 0. The summed E-state index contributed by atoms with van der Waals surface area (Å²) in [6.07, 6.45) is 0. The molecule has 0 aliphatic carbocycles. The molecule has 0 amide bonds. The van der Waals surface area contributed by atoms with E-state index in [0.29, 0.717) is 29.1 Å². The van der Waals surface area contributed by atoms with Gasteiger partial charge in [0, 0.05) is 42.1 Å². The molecule has 6 aromatic carbocycles. The molecule has 0 saturated carbocycles. The van der Waals surface area contributed by atoms with Crippen molar-refractivity contribution in [3.8, 4) is 40.2 Å². The van der Waals surface area contributed by atoms with Crippen LogP contribution in [-0.2, 0) is 0 Å². The first-order valence-corrected chi connectivity index (χ1v) is 16.2. The molecule has 0 spiro atoms. The van der Waals surface area contributed by atoms with E-state index in [2.05, 4.69) is 95.6 Å². The van der Waals surface area contributed by atoms with Gasteiger partial charge in [-0.2, -0.15) is 9.97 Å². The van der Waals surface area contributed by atoms with Crippen LogP contribution in [0, 0.1) is 0 Å². The zero-order valence-electron chi connectivity index (χ0n) is 24.8. The fourth-order valence-corrected chi connectivity index (χ4v) is 7.77. The number of fused-ring (bicyclic) bond motifs is 7. The van der Waals surface area contributed by atoms with Gasteiger partial charge in [-0.3, -0.25) is 4.57 Å². The van der Waals surface area contributed by atoms with Crippen molar-refractivity contribution in [1.82, 2.24) is 24.5 Å². The molecule has 10 aromatic rings. The lowest BCUT2D eigenvalue weighted by Gasteiger charge is -2.11. The first kappa shape index (κ1) is 26.1. The molecular formula is C40H23N5OS. The fourth-order valence-electron chi connectivity index (χ4n) is 6.63. The molecule has 4 aromatic heterocycles. The van der Waals surface area contributed by atoms with Crippen molar-refractivity contribution in [1.29, 1.82) is 0 Å². The van der Waals surface area contributed by atoms with Crippen LogP contribution in [0.2, 0.25) is 0 Å². The molecule has 0 aliphatic rings. The number of para-hydroxylation sites is 3. The van der Waals surface area contributed by atoms with Gasteiger partial charge in [0.25, 0.3) is 0 Å². The highest BCUT2D eigenvalue weighted by Gasteiger charge is 2.22. The SMILES string of the molecule is c1ccc(-c2nc3cccc(-c4nc(-c5cccc6sc7ccccc7c56)nc(-n5c6ccccc6c6ccccc65)n4)c3o2)cc1. The molecule has 0 saturated heterocycles. The normalized spacial score (nSPS) is 11.8. The lowest BCUT2D eigenvalue weighted by atomic mass is 10.1. The second-order valence-corrected chi connectivity index (χ2v) is 12.6. The van der Waals surface area contributed by atoms with Gasteiger partial charge in [0.15, 0.2) is 17.2 Å². The van der Waals surface area contributed by atoms with Crippen LogP contribution in [0.25, 0.3) is 93.3 Å². The summed E-state index contributed by atoms with van der Waals surface area (Å²) in [5.41, 5.74) is 6.06. The van der Waals surface area contributed by atoms with Gasteiger partial charge in [0.2, 0.25) is 11.8 Å². The Morgan fingerprint density at radius 1 is 0.489 bits per heavy atom. The summed E-state index contributed by atoms with van der Waals surface area (Å²) < 4.78 is 11.0. The molecule has 0 radical (unpaired) electrons. The van der Waals surface area contributed by atoms with Gasteiger partial charge in [-0.1, -0.05) is 91.0 Å². The summed E-state index contributed by atoms with van der Waals surface area (Å²) in [6, 6.07) is 47.5. The molecule has 0 bridgehead atoms. The molecule has 47 heavy (non-hydrogen) atoms. The Morgan fingerprint density at radius 3 is 1.89 bits per heavy atom. The van der Waals surface area contributed by atoms with E-state index in [1.165, 1.54) is 14.8 Å². The van der Waals surface area contributed by atoms with Crippen LogP contribution in [-0.4, -0.2) is 24.5 Å². The largest absolute Gasteiger partial charge is 0.435 e. The lowest BCUT2D eigenvalue weighted by Crippen LogP contribution is -2.06. The molecular weight excluding hydrogens is 599 g/mol. The first-order valence-electron chi connectivity index (χ1n) is 15.4. The maximum absolute atomic E-state index is 6.46. The monoisotopic (exact) mass is 621 g/mol. The molecule has 0 fully saturated rings. The van der Waals surface area contributed by atoms with Gasteiger partial charge in [0.05, 0.1) is 16.6 Å². The van der Waals surface area contributed by atoms with Crippen LogP contribution in [0.15, 0.2) is 144 Å². The van der Waals surface area contributed by atoms with Crippen LogP contribution in [0.4, 0.5) is 0 Å². The Morgan fingerprint density at radius 2 is 1.11 bits per heavy atom. The van der Waals surface area contributed by atoms with E-state index < -0.39 is 0 Å². The van der Waals surface area contributed by atoms with Gasteiger partial charge < -0.3 is 4.42 Å². The maximum atomic E-state index is 6.46. The molecule has 4 heterocycles. The highest BCUT2D eigenvalue weighted by atomic mass is 32.1. The van der Waals surface area contributed by atoms with E-state index in [1.54, 1.807) is 11.3 Å². The lowest BCUT2D eigenvalue weighted by molar-refractivity contribution is 0.620. The third kappa shape index (κ3) is 4.03. The van der Waals surface area contributed by atoms with Gasteiger partial charge in [-0.05, 0) is 48.5 Å². The predicted octanol–water partition coefficient (Wildman–Crippen LogP) is 10.5. The molecule has 0 aliphatic heterocycles. The third-order valence-corrected chi connectivity index (χ3v) is 9.86. The van der Waals surface area contributed by atoms with E-state index >= 15 is 0 Å². The van der Waals surface area contributed by atoms with Crippen molar-refractivity contribution in [3.63, 3.8) is 0 Å². The number of hydrogen-bond donors (Lipinski definition) is 0. The number of thiophene rings is 1. The smallest absolute Gasteiger partial charge is 0.238 e. The average molecular weight is 622 g/mol. The maximum Gasteiger partial charge on any atom is 0.238 e. The summed E-state index contributed by atoms with van der Waals surface area (Å²) >= 11 is 1.78. The number of rotatable bonds is 4. The molecule has 6 nitrogen and oxygen atoms in total. The fraction of sp³-hybridized carbons (Fsp3) is 0. The van der Waals surface area contributed by atoms with E-state index in [4.69, 9.17) is 24.4 Å². The first-order chi connectivity index (χ1) is 23.3. The number of hydrogen-bond acceptors (Lipinski definition) is 6. The van der Waals surface area contributed by atoms with Gasteiger partial charge in [-0.25, -0.2) is 9.97 Å². The standard InChI is InChI=1S/C40H23N5OS/c1-2-12-24(13-3-1)39-41-30-19-10-18-29(36(30)46-39)38-42-37(28-17-11-23-34-35(28)27-16-6-9-22-33(27)47-34)43-40(44-38)45-31-20-7-4-14-25(31)26-15-5-8-21-32(26)45/h1-23H. The summed E-state index contributed by atoms with van der Waals surface area (Å²) in [5, 5.41) is 4.61. The highest BCUT2D eigenvalue weighted by molar-refractivity contribution is 7.25. The Balaban J connectivity index is 1.29. The molecule has 0 atom stereocenters. The Kier molecular flexibility index (Phi) is 5.64. The number of nitrogens with zero attached hydrogens (tertiary/aromatic N) is 5. The summed E-state index contributed by atoms with van der Waals surface area (Å²) in [7, 11) is 0. The average Bonchev–Trinajstić information content (AvgIpc) is 3.84. The van der Waals surface area contributed by atoms with Crippen molar-refractivity contribution in [2.45, 2.75) is 0 Å². The molecule has 10 rings (SSSR count). The topological polar surface area (TPSA) is 69.6 Å². The van der Waals surface area contributed by atoms with Crippen molar-refractivity contribution in [3.05, 3.63) is 140 Å². The van der Waals surface area contributed by atoms with Gasteiger partial charge in [-0.15, -0.1) is 11.3 Å². The van der Waals surface area contributed by atoms with E-state index in [-0.39, 0.29) is 0 Å². The molecule has 220 valence electrons. The minimum absolute atomic E-state index is 0.518.